The lowest BCUT2D eigenvalue weighted by atomic mass is 10.0. The molecular weight excluding hydrogens is 408 g/mol. The minimum absolute atomic E-state index is 0.00337. The molecule has 0 unspecified atom stereocenters. The first-order valence-electron chi connectivity index (χ1n) is 11.2. The van der Waals surface area contributed by atoms with Gasteiger partial charge in [0.25, 0.3) is 0 Å². The molecule has 9 heteroatoms. The second kappa shape index (κ2) is 10.0. The Bertz CT molecular complexity index is 965. The van der Waals surface area contributed by atoms with Gasteiger partial charge >= 0.3 is 0 Å². The number of carbonyl (C=O) groups excluding carboxylic acids is 2. The van der Waals surface area contributed by atoms with Crippen LogP contribution in [0.3, 0.4) is 0 Å². The van der Waals surface area contributed by atoms with Crippen LogP contribution < -0.4 is 5.32 Å². The highest BCUT2D eigenvalue weighted by molar-refractivity contribution is 5.91. The molecule has 9 nitrogen and oxygen atoms in total. The van der Waals surface area contributed by atoms with Crippen LogP contribution in [0, 0.1) is 11.8 Å². The van der Waals surface area contributed by atoms with E-state index < -0.39 is 0 Å². The van der Waals surface area contributed by atoms with Gasteiger partial charge in [0.05, 0.1) is 24.3 Å². The molecule has 170 valence electrons. The molecule has 2 aliphatic rings. The summed E-state index contributed by atoms with van der Waals surface area (Å²) in [6, 6.07) is 5.35. The van der Waals surface area contributed by atoms with Gasteiger partial charge in [0.2, 0.25) is 11.8 Å². The normalized spacial score (nSPS) is 19.7. The molecule has 0 radical (unpaired) electrons. The molecule has 2 amide bonds. The molecule has 4 heterocycles. The third-order valence-corrected chi connectivity index (χ3v) is 5.99. The average Bonchev–Trinajstić information content (AvgIpc) is 3.42. The molecule has 2 aromatic rings. The fourth-order valence-corrected chi connectivity index (χ4v) is 4.07. The number of ether oxygens (including phenoxy) is 1. The van der Waals surface area contributed by atoms with Crippen molar-refractivity contribution in [1.82, 2.24) is 30.0 Å². The lowest BCUT2D eigenvalue weighted by Crippen LogP contribution is -2.38. The number of rotatable bonds is 6. The molecule has 2 aliphatic heterocycles. The smallest absolute Gasteiger partial charge is 0.246 e. The maximum Gasteiger partial charge on any atom is 0.246 e. The fourth-order valence-electron chi connectivity index (χ4n) is 4.07. The average molecular weight is 439 g/mol. The van der Waals surface area contributed by atoms with Crippen LogP contribution in [0.4, 0.5) is 0 Å². The lowest BCUT2D eigenvalue weighted by Gasteiger charge is -2.24. The van der Waals surface area contributed by atoms with Gasteiger partial charge in [0.1, 0.15) is 5.82 Å². The van der Waals surface area contributed by atoms with Crippen LogP contribution in [0.25, 0.3) is 6.08 Å². The van der Waals surface area contributed by atoms with E-state index in [0.717, 1.165) is 23.8 Å². The number of amides is 2. The lowest BCUT2D eigenvalue weighted by molar-refractivity contribution is -0.126. The molecule has 0 bridgehead atoms. The van der Waals surface area contributed by atoms with Crippen molar-refractivity contribution in [2.24, 2.45) is 11.8 Å². The van der Waals surface area contributed by atoms with E-state index in [1.807, 2.05) is 23.1 Å². The summed E-state index contributed by atoms with van der Waals surface area (Å²) < 4.78 is 7.42. The Labute approximate surface area is 187 Å². The third kappa shape index (κ3) is 5.04. The van der Waals surface area contributed by atoms with Crippen LogP contribution in [0.1, 0.15) is 43.7 Å². The van der Waals surface area contributed by atoms with Gasteiger partial charge < -0.3 is 19.5 Å². The van der Waals surface area contributed by atoms with Crippen molar-refractivity contribution in [1.29, 1.82) is 0 Å². The maximum atomic E-state index is 12.7. The molecule has 1 fully saturated rings. The summed E-state index contributed by atoms with van der Waals surface area (Å²) in [7, 11) is 0. The van der Waals surface area contributed by atoms with Crippen molar-refractivity contribution >= 4 is 17.9 Å². The second-order valence-corrected chi connectivity index (χ2v) is 8.58. The van der Waals surface area contributed by atoms with E-state index in [1.54, 1.807) is 18.3 Å². The van der Waals surface area contributed by atoms with Crippen molar-refractivity contribution in [3.05, 3.63) is 47.8 Å². The standard InChI is InChI=1S/C23H30N6O3/c1-16(2)21(25-23(31)17-9-14-32-15-17)22-27-26-19-8-11-28(12-13-29(19)22)20(30)7-6-18-5-3-4-10-24-18/h3-7,10,16-17,21H,8-9,11-15H2,1-2H3,(H,25,31)/b7-6+/t17-,21-/m0/s1. The van der Waals surface area contributed by atoms with Crippen LogP contribution in [-0.2, 0) is 27.3 Å². The number of hydrogen-bond donors (Lipinski definition) is 1. The number of pyridine rings is 1. The maximum absolute atomic E-state index is 12.7. The highest BCUT2D eigenvalue weighted by atomic mass is 16.5. The number of nitrogens with one attached hydrogen (secondary N) is 1. The van der Waals surface area contributed by atoms with E-state index in [4.69, 9.17) is 4.74 Å². The summed E-state index contributed by atoms with van der Waals surface area (Å²) >= 11 is 0. The predicted octanol–water partition coefficient (Wildman–Crippen LogP) is 1.62. The molecule has 0 aromatic carbocycles. The van der Waals surface area contributed by atoms with E-state index in [0.29, 0.717) is 39.3 Å². The summed E-state index contributed by atoms with van der Waals surface area (Å²) in [6.07, 6.45) is 6.36. The summed E-state index contributed by atoms with van der Waals surface area (Å²) in [5, 5.41) is 12.0. The highest BCUT2D eigenvalue weighted by Gasteiger charge is 2.31. The first kappa shape index (κ1) is 22.1. The van der Waals surface area contributed by atoms with Crippen LogP contribution in [0.5, 0.6) is 0 Å². The van der Waals surface area contributed by atoms with Crippen molar-refractivity contribution in [2.75, 3.05) is 26.3 Å². The Morgan fingerprint density at radius 2 is 2.09 bits per heavy atom. The van der Waals surface area contributed by atoms with Crippen molar-refractivity contribution in [3.63, 3.8) is 0 Å². The molecule has 1 saturated heterocycles. The number of nitrogens with zero attached hydrogens (tertiary/aromatic N) is 5. The van der Waals surface area contributed by atoms with E-state index >= 15 is 0 Å². The van der Waals surface area contributed by atoms with Crippen LogP contribution in [0.15, 0.2) is 30.5 Å². The largest absolute Gasteiger partial charge is 0.381 e. The van der Waals surface area contributed by atoms with Gasteiger partial charge in [-0.15, -0.1) is 10.2 Å². The minimum Gasteiger partial charge on any atom is -0.381 e. The first-order valence-corrected chi connectivity index (χ1v) is 11.2. The van der Waals surface area contributed by atoms with Gasteiger partial charge in [-0.05, 0) is 30.5 Å². The molecule has 2 atom stereocenters. The Kier molecular flexibility index (Phi) is 6.94. The molecule has 4 rings (SSSR count). The van der Waals surface area contributed by atoms with Crippen molar-refractivity contribution in [2.45, 2.75) is 39.3 Å². The second-order valence-electron chi connectivity index (χ2n) is 8.58. The Morgan fingerprint density at radius 1 is 1.22 bits per heavy atom. The molecular formula is C23H30N6O3. The topological polar surface area (TPSA) is 102 Å². The summed E-state index contributed by atoms with van der Waals surface area (Å²) in [6.45, 7) is 6.94. The number of aromatic nitrogens is 4. The molecule has 0 spiro atoms. The van der Waals surface area contributed by atoms with Crippen LogP contribution in [-0.4, -0.2) is 62.8 Å². The zero-order valence-corrected chi connectivity index (χ0v) is 18.6. The Morgan fingerprint density at radius 3 is 2.81 bits per heavy atom. The third-order valence-electron chi connectivity index (χ3n) is 5.99. The summed E-state index contributed by atoms with van der Waals surface area (Å²) in [5.41, 5.74) is 0.748. The number of carbonyl (C=O) groups is 2. The van der Waals surface area contributed by atoms with Crippen molar-refractivity contribution < 1.29 is 14.3 Å². The van der Waals surface area contributed by atoms with Crippen molar-refractivity contribution in [3.8, 4) is 0 Å². The zero-order chi connectivity index (χ0) is 22.5. The van der Waals surface area contributed by atoms with Crippen LogP contribution >= 0.6 is 0 Å². The van der Waals surface area contributed by atoms with E-state index in [2.05, 4.69) is 38.9 Å². The minimum atomic E-state index is -0.240. The summed E-state index contributed by atoms with van der Waals surface area (Å²) in [5.74, 6) is 1.59. The van der Waals surface area contributed by atoms with Gasteiger partial charge in [0.15, 0.2) is 5.82 Å². The predicted molar refractivity (Wildman–Crippen MR) is 118 cm³/mol. The van der Waals surface area contributed by atoms with Gasteiger partial charge in [0, 0.05) is 44.9 Å². The molecule has 0 saturated carbocycles. The van der Waals surface area contributed by atoms with Gasteiger partial charge in [-0.1, -0.05) is 19.9 Å². The SMILES string of the molecule is CC(C)[C@H](NC(=O)[C@H]1CCOC1)c1nnc2n1CCN(C(=O)/C=C/c1ccccn1)CC2. The first-order chi connectivity index (χ1) is 15.5. The molecule has 0 aliphatic carbocycles. The van der Waals surface area contributed by atoms with Gasteiger partial charge in [-0.3, -0.25) is 14.6 Å². The molecule has 1 N–H and O–H groups in total. The Balaban J connectivity index is 1.44. The number of fused-ring (bicyclic) bond motifs is 1. The highest BCUT2D eigenvalue weighted by Crippen LogP contribution is 2.24. The van der Waals surface area contributed by atoms with E-state index in [1.165, 1.54) is 0 Å². The Hall–Kier alpha value is -3.07. The monoisotopic (exact) mass is 438 g/mol. The molecule has 32 heavy (non-hydrogen) atoms. The zero-order valence-electron chi connectivity index (χ0n) is 18.6. The van der Waals surface area contributed by atoms with Gasteiger partial charge in [-0.25, -0.2) is 0 Å². The fraction of sp³-hybridized carbons (Fsp3) is 0.522. The quantitative estimate of drug-likeness (QED) is 0.688. The van der Waals surface area contributed by atoms with E-state index in [9.17, 15) is 9.59 Å². The number of hydrogen-bond acceptors (Lipinski definition) is 6. The summed E-state index contributed by atoms with van der Waals surface area (Å²) in [4.78, 5) is 31.5. The van der Waals surface area contributed by atoms with Gasteiger partial charge in [-0.2, -0.15) is 0 Å². The van der Waals surface area contributed by atoms with Crippen LogP contribution in [0.2, 0.25) is 0 Å². The molecule has 2 aromatic heterocycles. The van der Waals surface area contributed by atoms with E-state index in [-0.39, 0.29) is 29.7 Å².